The van der Waals surface area contributed by atoms with Gasteiger partial charge in [-0.1, -0.05) is 18.2 Å². The number of nitrogens with zero attached hydrogens (tertiary/aromatic N) is 2. The molecule has 0 saturated carbocycles. The summed E-state index contributed by atoms with van der Waals surface area (Å²) in [5.74, 6) is 1.88. The molecule has 1 atom stereocenters. The molecule has 0 bridgehead atoms. The Labute approximate surface area is 107 Å². The molecule has 1 aromatic carbocycles. The van der Waals surface area contributed by atoms with Crippen molar-refractivity contribution < 1.29 is 4.74 Å². The van der Waals surface area contributed by atoms with Gasteiger partial charge in [-0.2, -0.15) is 0 Å². The SMILES string of the molecule is C[C@@H](N)c1ccccc1OCCc1nccn1C. The molecule has 1 aromatic heterocycles. The first-order valence-electron chi connectivity index (χ1n) is 6.12. The van der Waals surface area contributed by atoms with Crippen LogP contribution < -0.4 is 10.5 Å². The number of hydrogen-bond donors (Lipinski definition) is 1. The second kappa shape index (κ2) is 5.69. The molecule has 2 rings (SSSR count). The maximum atomic E-state index is 5.91. The van der Waals surface area contributed by atoms with Crippen molar-refractivity contribution in [1.82, 2.24) is 9.55 Å². The van der Waals surface area contributed by atoms with Gasteiger partial charge in [0.15, 0.2) is 0 Å². The Morgan fingerprint density at radius 3 is 2.83 bits per heavy atom. The van der Waals surface area contributed by atoms with E-state index in [4.69, 9.17) is 10.5 Å². The fourth-order valence-corrected chi connectivity index (χ4v) is 1.88. The molecule has 18 heavy (non-hydrogen) atoms. The molecular formula is C14H19N3O. The first kappa shape index (κ1) is 12.6. The zero-order valence-electron chi connectivity index (χ0n) is 10.8. The van der Waals surface area contributed by atoms with Gasteiger partial charge >= 0.3 is 0 Å². The second-order valence-electron chi connectivity index (χ2n) is 4.38. The van der Waals surface area contributed by atoms with Crippen LogP contribution in [0.5, 0.6) is 5.75 Å². The molecule has 0 aliphatic carbocycles. The van der Waals surface area contributed by atoms with Gasteiger partial charge in [0.2, 0.25) is 0 Å². The van der Waals surface area contributed by atoms with Crippen LogP contribution in [-0.4, -0.2) is 16.2 Å². The summed E-state index contributed by atoms with van der Waals surface area (Å²) in [6, 6.07) is 7.87. The van der Waals surface area contributed by atoms with E-state index in [9.17, 15) is 0 Å². The molecule has 96 valence electrons. The Morgan fingerprint density at radius 1 is 1.39 bits per heavy atom. The minimum absolute atomic E-state index is 0.0191. The van der Waals surface area contributed by atoms with Gasteiger partial charge in [-0.25, -0.2) is 4.98 Å². The van der Waals surface area contributed by atoms with Crippen molar-refractivity contribution in [2.75, 3.05) is 6.61 Å². The van der Waals surface area contributed by atoms with Gasteiger partial charge in [0.1, 0.15) is 11.6 Å². The monoisotopic (exact) mass is 245 g/mol. The van der Waals surface area contributed by atoms with E-state index in [2.05, 4.69) is 4.98 Å². The maximum absolute atomic E-state index is 5.91. The summed E-state index contributed by atoms with van der Waals surface area (Å²) in [6.45, 7) is 2.57. The number of aromatic nitrogens is 2. The van der Waals surface area contributed by atoms with Crippen molar-refractivity contribution in [3.8, 4) is 5.75 Å². The minimum Gasteiger partial charge on any atom is -0.493 e. The highest BCUT2D eigenvalue weighted by atomic mass is 16.5. The standard InChI is InChI=1S/C14H19N3O/c1-11(15)12-5-3-4-6-13(12)18-10-7-14-16-8-9-17(14)2/h3-6,8-9,11H,7,10,15H2,1-2H3/t11-/m1/s1. The molecule has 0 unspecified atom stereocenters. The van der Waals surface area contributed by atoms with E-state index in [-0.39, 0.29) is 6.04 Å². The number of para-hydroxylation sites is 1. The normalized spacial score (nSPS) is 12.4. The molecule has 0 aliphatic rings. The third-order valence-electron chi connectivity index (χ3n) is 2.91. The highest BCUT2D eigenvalue weighted by Gasteiger charge is 2.07. The maximum Gasteiger partial charge on any atom is 0.124 e. The highest BCUT2D eigenvalue weighted by Crippen LogP contribution is 2.23. The quantitative estimate of drug-likeness (QED) is 0.877. The van der Waals surface area contributed by atoms with Gasteiger partial charge in [-0.15, -0.1) is 0 Å². The van der Waals surface area contributed by atoms with Crippen molar-refractivity contribution in [3.63, 3.8) is 0 Å². The van der Waals surface area contributed by atoms with Gasteiger partial charge in [-0.3, -0.25) is 0 Å². The number of benzene rings is 1. The Morgan fingerprint density at radius 2 is 2.17 bits per heavy atom. The van der Waals surface area contributed by atoms with E-state index in [0.29, 0.717) is 6.61 Å². The van der Waals surface area contributed by atoms with Crippen molar-refractivity contribution in [1.29, 1.82) is 0 Å². The summed E-state index contributed by atoms with van der Waals surface area (Å²) >= 11 is 0. The number of ether oxygens (including phenoxy) is 1. The number of rotatable bonds is 5. The van der Waals surface area contributed by atoms with Crippen LogP contribution in [0.25, 0.3) is 0 Å². The Kier molecular flexibility index (Phi) is 3.99. The Hall–Kier alpha value is -1.81. The van der Waals surface area contributed by atoms with Crippen LogP contribution in [0.3, 0.4) is 0 Å². The van der Waals surface area contributed by atoms with E-state index in [1.54, 1.807) is 6.20 Å². The van der Waals surface area contributed by atoms with Crippen LogP contribution in [0.2, 0.25) is 0 Å². The van der Waals surface area contributed by atoms with Crippen LogP contribution >= 0.6 is 0 Å². The van der Waals surface area contributed by atoms with Crippen molar-refractivity contribution in [2.45, 2.75) is 19.4 Å². The Bertz CT molecular complexity index is 505. The molecule has 0 fully saturated rings. The van der Waals surface area contributed by atoms with Gasteiger partial charge in [0.25, 0.3) is 0 Å². The lowest BCUT2D eigenvalue weighted by molar-refractivity contribution is 0.313. The van der Waals surface area contributed by atoms with Crippen LogP contribution in [0, 0.1) is 0 Å². The summed E-state index contributed by atoms with van der Waals surface area (Å²) in [7, 11) is 1.98. The summed E-state index contributed by atoms with van der Waals surface area (Å²) in [6.07, 6.45) is 4.52. The molecular weight excluding hydrogens is 226 g/mol. The van der Waals surface area contributed by atoms with Crippen LogP contribution in [0.4, 0.5) is 0 Å². The largest absolute Gasteiger partial charge is 0.493 e. The van der Waals surface area contributed by atoms with E-state index in [1.165, 1.54) is 0 Å². The Balaban J connectivity index is 1.96. The molecule has 0 saturated heterocycles. The number of imidazole rings is 1. The van der Waals surface area contributed by atoms with Crippen LogP contribution in [0.15, 0.2) is 36.7 Å². The number of nitrogens with two attached hydrogens (primary N) is 1. The summed E-state index contributed by atoms with van der Waals surface area (Å²) in [5.41, 5.74) is 6.95. The molecule has 2 aromatic rings. The predicted octanol–water partition coefficient (Wildman–Crippen LogP) is 2.06. The van der Waals surface area contributed by atoms with E-state index < -0.39 is 0 Å². The minimum atomic E-state index is -0.0191. The fourth-order valence-electron chi connectivity index (χ4n) is 1.88. The van der Waals surface area contributed by atoms with Crippen molar-refractivity contribution >= 4 is 0 Å². The molecule has 0 amide bonds. The first-order chi connectivity index (χ1) is 8.68. The van der Waals surface area contributed by atoms with Gasteiger partial charge in [0.05, 0.1) is 6.61 Å². The molecule has 0 spiro atoms. The van der Waals surface area contributed by atoms with E-state index >= 15 is 0 Å². The van der Waals surface area contributed by atoms with E-state index in [0.717, 1.165) is 23.6 Å². The van der Waals surface area contributed by atoms with Gasteiger partial charge < -0.3 is 15.0 Å². The first-order valence-corrected chi connectivity index (χ1v) is 6.12. The van der Waals surface area contributed by atoms with Crippen molar-refractivity contribution in [2.24, 2.45) is 12.8 Å². The summed E-state index contributed by atoms with van der Waals surface area (Å²) in [5, 5.41) is 0. The number of aryl methyl sites for hydroxylation is 1. The predicted molar refractivity (Wildman–Crippen MR) is 71.5 cm³/mol. The van der Waals surface area contributed by atoms with Crippen LogP contribution in [-0.2, 0) is 13.5 Å². The lowest BCUT2D eigenvalue weighted by Crippen LogP contribution is -2.10. The molecule has 2 N–H and O–H groups in total. The third kappa shape index (κ3) is 2.90. The smallest absolute Gasteiger partial charge is 0.124 e. The highest BCUT2D eigenvalue weighted by molar-refractivity contribution is 5.35. The molecule has 0 radical (unpaired) electrons. The molecule has 4 nitrogen and oxygen atoms in total. The topological polar surface area (TPSA) is 53.1 Å². The average molecular weight is 245 g/mol. The average Bonchev–Trinajstić information content (AvgIpc) is 2.76. The lowest BCUT2D eigenvalue weighted by Gasteiger charge is -2.13. The lowest BCUT2D eigenvalue weighted by atomic mass is 10.1. The zero-order chi connectivity index (χ0) is 13.0. The summed E-state index contributed by atoms with van der Waals surface area (Å²) in [4.78, 5) is 4.26. The van der Waals surface area contributed by atoms with Gasteiger partial charge in [-0.05, 0) is 13.0 Å². The van der Waals surface area contributed by atoms with Crippen LogP contribution in [0.1, 0.15) is 24.4 Å². The molecule has 0 aliphatic heterocycles. The third-order valence-corrected chi connectivity index (χ3v) is 2.91. The molecule has 1 heterocycles. The second-order valence-corrected chi connectivity index (χ2v) is 4.38. The fraction of sp³-hybridized carbons (Fsp3) is 0.357. The molecule has 4 heteroatoms. The number of hydrogen-bond acceptors (Lipinski definition) is 3. The van der Waals surface area contributed by atoms with Gasteiger partial charge in [0, 0.05) is 37.5 Å². The van der Waals surface area contributed by atoms with E-state index in [1.807, 2.05) is 49.0 Å². The van der Waals surface area contributed by atoms with Crippen molar-refractivity contribution in [3.05, 3.63) is 48.0 Å². The summed E-state index contributed by atoms with van der Waals surface area (Å²) < 4.78 is 7.79. The zero-order valence-corrected chi connectivity index (χ0v) is 10.8.